The fourth-order valence-electron chi connectivity index (χ4n) is 5.16. The Morgan fingerprint density at radius 3 is 2.44 bits per heavy atom. The summed E-state index contributed by atoms with van der Waals surface area (Å²) in [5, 5.41) is 10.8. The first-order valence-electron chi connectivity index (χ1n) is 12.5. The molecule has 0 spiro atoms. The molecule has 196 valence electrons. The molecule has 4 aromatic rings. The Balaban J connectivity index is 1.43. The van der Waals surface area contributed by atoms with Crippen molar-refractivity contribution in [3.8, 4) is 17.2 Å². The zero-order valence-electron chi connectivity index (χ0n) is 20.7. The average molecular weight is 542 g/mol. The molecular formula is C31H24ClNO6. The molecule has 6 rings (SSSR count). The lowest BCUT2D eigenvalue weighted by Crippen LogP contribution is -2.45. The molecule has 7 nitrogen and oxygen atoms in total. The molecule has 2 aliphatic rings. The lowest BCUT2D eigenvalue weighted by atomic mass is 9.79. The van der Waals surface area contributed by atoms with Crippen LogP contribution in [-0.4, -0.2) is 30.2 Å². The summed E-state index contributed by atoms with van der Waals surface area (Å²) in [5.41, 5.74) is 2.84. The number of nitrogens with zero attached hydrogens (tertiary/aromatic N) is 1. The van der Waals surface area contributed by atoms with Crippen LogP contribution in [0.3, 0.4) is 0 Å². The van der Waals surface area contributed by atoms with Crippen molar-refractivity contribution in [2.45, 2.75) is 18.6 Å². The van der Waals surface area contributed by atoms with Crippen molar-refractivity contribution < 1.29 is 28.9 Å². The minimum atomic E-state index is -1.05. The van der Waals surface area contributed by atoms with Crippen molar-refractivity contribution in [2.24, 2.45) is 0 Å². The van der Waals surface area contributed by atoms with Crippen LogP contribution in [-0.2, 0) is 11.4 Å². The Kier molecular flexibility index (Phi) is 6.59. The van der Waals surface area contributed by atoms with Crippen LogP contribution >= 0.6 is 11.6 Å². The summed E-state index contributed by atoms with van der Waals surface area (Å²) in [6.07, 6.45) is 0. The predicted molar refractivity (Wildman–Crippen MR) is 146 cm³/mol. The summed E-state index contributed by atoms with van der Waals surface area (Å²) in [5.74, 6) is -0.856. The minimum absolute atomic E-state index is 0.308. The van der Waals surface area contributed by atoms with Crippen LogP contribution < -0.4 is 19.1 Å². The van der Waals surface area contributed by atoms with E-state index in [1.807, 2.05) is 30.3 Å². The maximum absolute atomic E-state index is 14.0. The summed E-state index contributed by atoms with van der Waals surface area (Å²) < 4.78 is 17.4. The summed E-state index contributed by atoms with van der Waals surface area (Å²) in [6, 6.07) is 26.0. The Labute approximate surface area is 230 Å². The Bertz CT molecular complexity index is 1560. The lowest BCUT2D eigenvalue weighted by molar-refractivity contribution is -0.139. The first kappa shape index (κ1) is 24.8. The average Bonchev–Trinajstić information content (AvgIpc) is 2.96. The first-order chi connectivity index (χ1) is 19.0. The summed E-state index contributed by atoms with van der Waals surface area (Å²) in [6.45, 7) is 1.15. The molecule has 0 saturated carbocycles. The molecule has 0 saturated heterocycles. The lowest BCUT2D eigenvalue weighted by Gasteiger charge is -2.41. The van der Waals surface area contributed by atoms with Gasteiger partial charge in [-0.15, -0.1) is 0 Å². The fourth-order valence-corrected chi connectivity index (χ4v) is 5.39. The second-order valence-corrected chi connectivity index (χ2v) is 9.72. The molecule has 39 heavy (non-hydrogen) atoms. The standard InChI is InChI=1S/C31H24ClNO6/c32-24-17-21(11-13-25(24)39-18-19-6-2-1-3-7-19)33-29(20-10-12-26-27(16-20)38-15-14-37-26)28(31(35)36)22-8-4-5-9-23(22)30(33)34/h1-13,16-17,28-29H,14-15,18H2,(H,35,36)/t28-,29+/m1/s1. The van der Waals surface area contributed by atoms with E-state index >= 15 is 0 Å². The van der Waals surface area contributed by atoms with E-state index in [0.717, 1.165) is 5.56 Å². The summed E-state index contributed by atoms with van der Waals surface area (Å²) >= 11 is 6.63. The smallest absolute Gasteiger partial charge is 0.313 e. The third kappa shape index (κ3) is 4.66. The number of halogens is 1. The number of carbonyl (C=O) groups is 2. The second kappa shape index (κ2) is 10.3. The van der Waals surface area contributed by atoms with Gasteiger partial charge in [-0.1, -0.05) is 66.2 Å². The molecule has 2 heterocycles. The SMILES string of the molecule is O=C(O)[C@@H]1c2ccccc2C(=O)N(c2ccc(OCc3ccccc3)c(Cl)c2)[C@H]1c1ccc2c(c1)OCCO2. The third-order valence-corrected chi connectivity index (χ3v) is 7.24. The minimum Gasteiger partial charge on any atom is -0.487 e. The van der Waals surface area contributed by atoms with Gasteiger partial charge in [0.1, 0.15) is 31.5 Å². The van der Waals surface area contributed by atoms with E-state index < -0.39 is 17.9 Å². The van der Waals surface area contributed by atoms with Crippen LogP contribution in [0.25, 0.3) is 0 Å². The van der Waals surface area contributed by atoms with Crippen LogP contribution in [0.15, 0.2) is 91.0 Å². The van der Waals surface area contributed by atoms with Gasteiger partial charge in [0, 0.05) is 11.3 Å². The van der Waals surface area contributed by atoms with Gasteiger partial charge in [0.2, 0.25) is 0 Å². The van der Waals surface area contributed by atoms with Crippen LogP contribution in [0.5, 0.6) is 17.2 Å². The molecule has 0 unspecified atom stereocenters. The number of hydrogen-bond donors (Lipinski definition) is 1. The van der Waals surface area contributed by atoms with Crippen LogP contribution in [0.2, 0.25) is 5.02 Å². The molecule has 0 radical (unpaired) electrons. The van der Waals surface area contributed by atoms with E-state index in [4.69, 9.17) is 25.8 Å². The topological polar surface area (TPSA) is 85.3 Å². The molecule has 8 heteroatoms. The maximum Gasteiger partial charge on any atom is 0.313 e. The number of carbonyl (C=O) groups excluding carboxylic acids is 1. The van der Waals surface area contributed by atoms with E-state index in [9.17, 15) is 14.7 Å². The Hall–Kier alpha value is -4.49. The molecule has 0 aliphatic carbocycles. The number of carboxylic acid groups (broad SMARTS) is 1. The van der Waals surface area contributed by atoms with Gasteiger partial charge >= 0.3 is 5.97 Å². The number of fused-ring (bicyclic) bond motifs is 2. The number of rotatable bonds is 6. The van der Waals surface area contributed by atoms with Gasteiger partial charge in [0.05, 0.1) is 11.1 Å². The number of benzene rings is 4. The molecule has 2 aliphatic heterocycles. The van der Waals surface area contributed by atoms with Gasteiger partial charge in [0.25, 0.3) is 5.91 Å². The molecule has 1 N–H and O–H groups in total. The highest BCUT2D eigenvalue weighted by Crippen LogP contribution is 2.47. The Morgan fingerprint density at radius 2 is 1.67 bits per heavy atom. The number of hydrogen-bond acceptors (Lipinski definition) is 5. The highest BCUT2D eigenvalue weighted by atomic mass is 35.5. The summed E-state index contributed by atoms with van der Waals surface area (Å²) in [4.78, 5) is 28.2. The molecule has 0 fully saturated rings. The molecule has 1 amide bonds. The predicted octanol–water partition coefficient (Wildman–Crippen LogP) is 6.26. The van der Waals surface area contributed by atoms with E-state index in [1.165, 1.54) is 4.90 Å². The van der Waals surface area contributed by atoms with Crippen molar-refractivity contribution >= 4 is 29.2 Å². The van der Waals surface area contributed by atoms with Crippen LogP contribution in [0.4, 0.5) is 5.69 Å². The molecule has 4 aromatic carbocycles. The van der Waals surface area contributed by atoms with Gasteiger partial charge in [-0.05, 0) is 53.1 Å². The summed E-state index contributed by atoms with van der Waals surface area (Å²) in [7, 11) is 0. The number of amides is 1. The van der Waals surface area contributed by atoms with E-state index in [1.54, 1.807) is 60.7 Å². The molecule has 2 atom stereocenters. The van der Waals surface area contributed by atoms with E-state index in [2.05, 4.69) is 0 Å². The third-order valence-electron chi connectivity index (χ3n) is 6.94. The number of anilines is 1. The van der Waals surface area contributed by atoms with Gasteiger partial charge < -0.3 is 19.3 Å². The van der Waals surface area contributed by atoms with Gasteiger partial charge in [0.15, 0.2) is 11.5 Å². The fraction of sp³-hybridized carbons (Fsp3) is 0.161. The number of ether oxygens (including phenoxy) is 3. The van der Waals surface area contributed by atoms with Gasteiger partial charge in [-0.3, -0.25) is 14.5 Å². The molecule has 0 bridgehead atoms. The van der Waals surface area contributed by atoms with E-state index in [0.29, 0.717) is 64.5 Å². The highest BCUT2D eigenvalue weighted by Gasteiger charge is 2.45. The zero-order chi connectivity index (χ0) is 26.9. The van der Waals surface area contributed by atoms with Crippen LogP contribution in [0.1, 0.15) is 39.0 Å². The molecule has 0 aromatic heterocycles. The largest absolute Gasteiger partial charge is 0.487 e. The number of carboxylic acids is 1. The van der Waals surface area contributed by atoms with Crippen molar-refractivity contribution in [1.82, 2.24) is 0 Å². The second-order valence-electron chi connectivity index (χ2n) is 9.32. The monoisotopic (exact) mass is 541 g/mol. The van der Waals surface area contributed by atoms with Gasteiger partial charge in [-0.25, -0.2) is 0 Å². The van der Waals surface area contributed by atoms with Crippen molar-refractivity contribution in [1.29, 1.82) is 0 Å². The maximum atomic E-state index is 14.0. The van der Waals surface area contributed by atoms with Crippen LogP contribution in [0, 0.1) is 0 Å². The van der Waals surface area contributed by atoms with E-state index in [-0.39, 0.29) is 5.91 Å². The van der Waals surface area contributed by atoms with Crippen molar-refractivity contribution in [3.63, 3.8) is 0 Å². The quantitative estimate of drug-likeness (QED) is 0.310. The first-order valence-corrected chi connectivity index (χ1v) is 12.9. The zero-order valence-corrected chi connectivity index (χ0v) is 21.5. The number of aliphatic carboxylic acids is 1. The van der Waals surface area contributed by atoms with Crippen molar-refractivity contribution in [2.75, 3.05) is 18.1 Å². The normalized spacial score (nSPS) is 17.9. The highest BCUT2D eigenvalue weighted by molar-refractivity contribution is 6.32. The molecular weight excluding hydrogens is 518 g/mol. The van der Waals surface area contributed by atoms with Gasteiger partial charge in [-0.2, -0.15) is 0 Å². The Morgan fingerprint density at radius 1 is 0.923 bits per heavy atom. The van der Waals surface area contributed by atoms with Crippen molar-refractivity contribution in [3.05, 3.63) is 118 Å².